The number of aliphatic imine (C=N–C) groups is 1. The molecule has 2 aromatic carbocycles. The molecule has 0 radical (unpaired) electrons. The minimum absolute atomic E-state index is 0.109. The van der Waals surface area contributed by atoms with Gasteiger partial charge in [-0.3, -0.25) is 19.4 Å². The predicted molar refractivity (Wildman–Crippen MR) is 144 cm³/mol. The molecule has 1 saturated carbocycles. The summed E-state index contributed by atoms with van der Waals surface area (Å²) in [7, 11) is 1.31. The third-order valence-corrected chi connectivity index (χ3v) is 7.44. The third kappa shape index (κ3) is 5.83. The molecule has 1 atom stereocenters. The first-order chi connectivity index (χ1) is 17.8. The van der Waals surface area contributed by atoms with Crippen LogP contribution < -0.4 is 5.32 Å². The molecule has 2 aliphatic rings. The van der Waals surface area contributed by atoms with Gasteiger partial charge in [0.25, 0.3) is 11.8 Å². The highest BCUT2D eigenvalue weighted by Crippen LogP contribution is 2.46. The van der Waals surface area contributed by atoms with Crippen LogP contribution in [0, 0.1) is 0 Å². The van der Waals surface area contributed by atoms with E-state index in [1.165, 1.54) is 7.11 Å². The standard InChI is InChI=1S/C28H31Cl2N3O4/c1-3-6-23(18-7-9-19(10-8-18)26(35)31-14-11-24(34)37-2)33-27(36)25(32-28(33)12-4-5-13-28)20-15-21(29)17-22(30)16-20/h7-10,15-17,23H,3-6,11-14H2,1-2H3,(H,31,35)/t23-/m1/s1. The van der Waals surface area contributed by atoms with E-state index >= 15 is 0 Å². The van der Waals surface area contributed by atoms with Gasteiger partial charge in [-0.2, -0.15) is 0 Å². The normalized spacial score (nSPS) is 17.1. The number of nitrogens with one attached hydrogen (secondary N) is 1. The number of amides is 2. The quantitative estimate of drug-likeness (QED) is 0.409. The molecule has 0 bridgehead atoms. The zero-order valence-corrected chi connectivity index (χ0v) is 22.6. The number of halogens is 2. The number of benzene rings is 2. The Hall–Kier alpha value is -2.90. The van der Waals surface area contributed by atoms with Crippen LogP contribution in [0.3, 0.4) is 0 Å². The van der Waals surface area contributed by atoms with E-state index in [-0.39, 0.29) is 36.8 Å². The van der Waals surface area contributed by atoms with Crippen LogP contribution in [0.4, 0.5) is 0 Å². The van der Waals surface area contributed by atoms with Crippen molar-refractivity contribution in [2.75, 3.05) is 13.7 Å². The average molecular weight is 544 g/mol. The molecule has 1 fully saturated rings. The van der Waals surface area contributed by atoms with Crippen molar-refractivity contribution in [2.45, 2.75) is 63.6 Å². The predicted octanol–water partition coefficient (Wildman–Crippen LogP) is 5.73. The fraction of sp³-hybridized carbons (Fsp3) is 0.429. The van der Waals surface area contributed by atoms with E-state index in [0.29, 0.717) is 26.9 Å². The summed E-state index contributed by atoms with van der Waals surface area (Å²) in [6, 6.07) is 12.2. The molecule has 1 aliphatic carbocycles. The zero-order chi connectivity index (χ0) is 26.6. The number of rotatable bonds is 9. The van der Waals surface area contributed by atoms with E-state index in [9.17, 15) is 14.4 Å². The summed E-state index contributed by atoms with van der Waals surface area (Å²) in [4.78, 5) is 44.8. The maximum atomic E-state index is 14.0. The van der Waals surface area contributed by atoms with Crippen molar-refractivity contribution in [3.63, 3.8) is 0 Å². The molecular formula is C28H31Cl2N3O4. The smallest absolute Gasteiger partial charge is 0.307 e. The van der Waals surface area contributed by atoms with Crippen molar-refractivity contribution in [1.82, 2.24) is 10.2 Å². The Balaban J connectivity index is 1.61. The number of nitrogens with zero attached hydrogens (tertiary/aromatic N) is 2. The monoisotopic (exact) mass is 543 g/mol. The van der Waals surface area contributed by atoms with Gasteiger partial charge < -0.3 is 15.0 Å². The van der Waals surface area contributed by atoms with E-state index in [1.54, 1.807) is 30.3 Å². The highest BCUT2D eigenvalue weighted by Gasteiger charge is 2.51. The SMILES string of the molecule is CCC[C@H](c1ccc(C(=O)NCCC(=O)OC)cc1)N1C(=O)C(c2cc(Cl)cc(Cl)c2)=NC12CCCC2. The van der Waals surface area contributed by atoms with Gasteiger partial charge in [0.15, 0.2) is 0 Å². The number of carbonyl (C=O) groups excluding carboxylic acids is 3. The molecule has 37 heavy (non-hydrogen) atoms. The van der Waals surface area contributed by atoms with Crippen LogP contribution >= 0.6 is 23.2 Å². The number of ether oxygens (including phenoxy) is 1. The number of carbonyl (C=O) groups is 3. The van der Waals surface area contributed by atoms with E-state index in [1.807, 2.05) is 17.0 Å². The first-order valence-corrected chi connectivity index (χ1v) is 13.4. The van der Waals surface area contributed by atoms with Gasteiger partial charge in [-0.1, -0.05) is 48.7 Å². The second-order valence-electron chi connectivity index (χ2n) is 9.49. The van der Waals surface area contributed by atoms with E-state index < -0.39 is 5.66 Å². The Morgan fingerprint density at radius 2 is 1.76 bits per heavy atom. The van der Waals surface area contributed by atoms with Gasteiger partial charge in [0.05, 0.1) is 19.6 Å². The summed E-state index contributed by atoms with van der Waals surface area (Å²) in [6.07, 6.45) is 5.35. The van der Waals surface area contributed by atoms with Crippen LogP contribution in [0.15, 0.2) is 47.5 Å². The van der Waals surface area contributed by atoms with Crippen LogP contribution in [-0.2, 0) is 14.3 Å². The second kappa shape index (κ2) is 11.7. The van der Waals surface area contributed by atoms with E-state index in [4.69, 9.17) is 28.2 Å². The highest BCUT2D eigenvalue weighted by atomic mass is 35.5. The third-order valence-electron chi connectivity index (χ3n) is 7.00. The lowest BCUT2D eigenvalue weighted by molar-refractivity contribution is -0.140. The van der Waals surface area contributed by atoms with Crippen LogP contribution in [0.1, 0.15) is 79.4 Å². The van der Waals surface area contributed by atoms with Crippen molar-refractivity contribution in [1.29, 1.82) is 0 Å². The maximum absolute atomic E-state index is 14.0. The summed E-state index contributed by atoms with van der Waals surface area (Å²) in [5.41, 5.74) is 1.87. The Morgan fingerprint density at radius 3 is 2.35 bits per heavy atom. The minimum atomic E-state index is -0.592. The van der Waals surface area contributed by atoms with Gasteiger partial charge in [0.1, 0.15) is 11.4 Å². The van der Waals surface area contributed by atoms with Crippen molar-refractivity contribution in [3.8, 4) is 0 Å². The molecule has 0 saturated heterocycles. The molecule has 7 nitrogen and oxygen atoms in total. The van der Waals surface area contributed by atoms with Gasteiger partial charge in [-0.25, -0.2) is 0 Å². The first kappa shape index (κ1) is 27.1. The summed E-state index contributed by atoms with van der Waals surface area (Å²) in [5, 5.41) is 3.65. The zero-order valence-electron chi connectivity index (χ0n) is 21.1. The number of esters is 1. The molecule has 9 heteroatoms. The molecule has 1 aliphatic heterocycles. The lowest BCUT2D eigenvalue weighted by Gasteiger charge is -2.39. The molecule has 4 rings (SSSR count). The van der Waals surface area contributed by atoms with Gasteiger partial charge in [0.2, 0.25) is 0 Å². The Labute approximate surface area is 227 Å². The highest BCUT2D eigenvalue weighted by molar-refractivity contribution is 6.47. The molecule has 1 heterocycles. The van der Waals surface area contributed by atoms with Gasteiger partial charge in [0, 0.05) is 27.7 Å². The topological polar surface area (TPSA) is 88.1 Å². The molecule has 2 amide bonds. The molecular weight excluding hydrogens is 513 g/mol. The maximum Gasteiger partial charge on any atom is 0.307 e. The number of methoxy groups -OCH3 is 1. The lowest BCUT2D eigenvalue weighted by Crippen LogP contribution is -2.47. The fourth-order valence-electron chi connectivity index (χ4n) is 5.27. The van der Waals surface area contributed by atoms with Gasteiger partial charge in [-0.15, -0.1) is 0 Å². The second-order valence-corrected chi connectivity index (χ2v) is 10.4. The average Bonchev–Trinajstić information content (AvgIpc) is 3.46. The molecule has 0 unspecified atom stereocenters. The van der Waals surface area contributed by atoms with Gasteiger partial charge in [-0.05, 0) is 68.0 Å². The molecule has 1 spiro atoms. The van der Waals surface area contributed by atoms with Crippen LogP contribution in [-0.4, -0.2) is 47.7 Å². The van der Waals surface area contributed by atoms with Crippen molar-refractivity contribution >= 4 is 46.7 Å². The molecule has 1 N–H and O–H groups in total. The van der Waals surface area contributed by atoms with Crippen LogP contribution in [0.2, 0.25) is 10.0 Å². The summed E-state index contributed by atoms with van der Waals surface area (Å²) in [5.74, 6) is -0.769. The van der Waals surface area contributed by atoms with Crippen molar-refractivity contribution in [2.24, 2.45) is 4.99 Å². The number of hydrogen-bond donors (Lipinski definition) is 1. The number of hydrogen-bond acceptors (Lipinski definition) is 5. The summed E-state index contributed by atoms with van der Waals surface area (Å²) >= 11 is 12.5. The van der Waals surface area contributed by atoms with Crippen molar-refractivity contribution < 1.29 is 19.1 Å². The summed E-state index contributed by atoms with van der Waals surface area (Å²) in [6.45, 7) is 2.29. The van der Waals surface area contributed by atoms with Crippen molar-refractivity contribution in [3.05, 3.63) is 69.2 Å². The largest absolute Gasteiger partial charge is 0.469 e. The van der Waals surface area contributed by atoms with E-state index in [2.05, 4.69) is 17.0 Å². The Kier molecular flexibility index (Phi) is 8.55. The lowest BCUT2D eigenvalue weighted by atomic mass is 9.95. The minimum Gasteiger partial charge on any atom is -0.469 e. The molecule has 196 valence electrons. The van der Waals surface area contributed by atoms with E-state index in [0.717, 1.165) is 44.1 Å². The Bertz CT molecular complexity index is 1190. The summed E-state index contributed by atoms with van der Waals surface area (Å²) < 4.78 is 4.60. The van der Waals surface area contributed by atoms with Crippen LogP contribution in [0.25, 0.3) is 0 Å². The first-order valence-electron chi connectivity index (χ1n) is 12.6. The Morgan fingerprint density at radius 1 is 1.11 bits per heavy atom. The fourth-order valence-corrected chi connectivity index (χ4v) is 5.80. The molecule has 2 aromatic rings. The molecule has 0 aromatic heterocycles. The van der Waals surface area contributed by atoms with Gasteiger partial charge >= 0.3 is 5.97 Å². The van der Waals surface area contributed by atoms with Crippen LogP contribution in [0.5, 0.6) is 0 Å².